The highest BCUT2D eigenvalue weighted by molar-refractivity contribution is 7.86. The molecule has 0 fully saturated rings. The number of nitrogens with zero attached hydrogens (tertiary/aromatic N) is 7. The van der Waals surface area contributed by atoms with Crippen molar-refractivity contribution in [2.24, 2.45) is 5.10 Å². The molecule has 0 saturated carbocycles. The van der Waals surface area contributed by atoms with Gasteiger partial charge >= 0.3 is 0 Å². The molecule has 0 aliphatic carbocycles. The lowest BCUT2D eigenvalue weighted by Gasteiger charge is -2.20. The Morgan fingerprint density at radius 3 is 2.09 bits per heavy atom. The number of hydrazone groups is 1. The van der Waals surface area contributed by atoms with Crippen molar-refractivity contribution < 1.29 is 41.5 Å². The highest BCUT2D eigenvalue weighted by atomic mass is 32.2. The molecule has 0 unspecified atom stereocenters. The quantitative estimate of drug-likeness (QED) is 0.0165. The molecule has 0 atom stereocenters. The maximum Gasteiger partial charge on any atom is 0.295 e. The van der Waals surface area contributed by atoms with Crippen LogP contribution in [0.4, 0.5) is 5.82 Å². The highest BCUT2D eigenvalue weighted by Crippen LogP contribution is 2.30. The Kier molecular flexibility index (Phi) is 20.4. The molecule has 20 heteroatoms. The van der Waals surface area contributed by atoms with Crippen LogP contribution in [0.3, 0.4) is 0 Å². The lowest BCUT2D eigenvalue weighted by atomic mass is 9.86. The Morgan fingerprint density at radius 2 is 1.40 bits per heavy atom. The number of amides is 2. The number of benzene rings is 3. The lowest BCUT2D eigenvalue weighted by Crippen LogP contribution is -2.30. The van der Waals surface area contributed by atoms with E-state index >= 15 is 0 Å². The van der Waals surface area contributed by atoms with Gasteiger partial charge in [-0.05, 0) is 72.7 Å². The summed E-state index contributed by atoms with van der Waals surface area (Å²) in [6.07, 6.45) is 6.38. The van der Waals surface area contributed by atoms with E-state index in [1.807, 2.05) is 54.6 Å². The Labute approximate surface area is 408 Å². The average Bonchev–Trinajstić information content (AvgIpc) is 3.85. The molecule has 3 heterocycles. The fourth-order valence-electron chi connectivity index (χ4n) is 6.86. The Balaban J connectivity index is 0.745. The maximum absolute atomic E-state index is 12.6. The normalized spacial score (nSPS) is 11.7. The van der Waals surface area contributed by atoms with Gasteiger partial charge in [0, 0.05) is 55.1 Å². The van der Waals surface area contributed by atoms with Gasteiger partial charge in [-0.3, -0.25) is 19.6 Å². The minimum absolute atomic E-state index is 0.0315. The summed E-state index contributed by atoms with van der Waals surface area (Å²) in [6.45, 7) is 8.01. The van der Waals surface area contributed by atoms with Gasteiger partial charge in [0.15, 0.2) is 5.82 Å². The molecule has 0 bridgehead atoms. The van der Waals surface area contributed by atoms with Gasteiger partial charge in [-0.2, -0.15) is 18.3 Å². The molecule has 3 aromatic heterocycles. The number of tetrazole rings is 1. The number of carbonyl (C=O) groups is 2. The first-order chi connectivity index (χ1) is 33.9. The second kappa shape index (κ2) is 27.3. The van der Waals surface area contributed by atoms with E-state index in [9.17, 15) is 22.6 Å². The van der Waals surface area contributed by atoms with Gasteiger partial charge in [0.1, 0.15) is 17.3 Å². The molecule has 0 aliphatic rings. The van der Waals surface area contributed by atoms with E-state index in [2.05, 4.69) is 73.6 Å². The predicted molar refractivity (Wildman–Crippen MR) is 264 cm³/mol. The van der Waals surface area contributed by atoms with Crippen LogP contribution in [-0.4, -0.2) is 121 Å². The van der Waals surface area contributed by atoms with Gasteiger partial charge in [-0.1, -0.05) is 92.7 Å². The fourth-order valence-corrected chi connectivity index (χ4v) is 7.53. The Morgan fingerprint density at radius 1 is 0.743 bits per heavy atom. The van der Waals surface area contributed by atoms with Gasteiger partial charge < -0.3 is 29.6 Å². The first-order valence-corrected chi connectivity index (χ1v) is 24.5. The van der Waals surface area contributed by atoms with Gasteiger partial charge in [0.05, 0.1) is 50.5 Å². The molecular formula is C50H60N10O9S. The molecule has 6 aromatic rings. The molecular weight excluding hydrogens is 917 g/mol. The van der Waals surface area contributed by atoms with Crippen LogP contribution in [0.1, 0.15) is 67.7 Å². The SMILES string of the molecule is CC(C)(CCCCOc1cc(-c2ccccc2)cc(-c2ccccc2)n1)c1nnn(CC(=O)NCCCOCCOCCOCCCNC(=O)c2ccc(N/N=C/c3ccccc3S(=O)(=O)O)nc2)n1. The maximum atomic E-state index is 12.6. The van der Waals surface area contributed by atoms with Crippen LogP contribution in [0.25, 0.3) is 22.4 Å². The zero-order valence-electron chi connectivity index (χ0n) is 39.4. The number of aromatic nitrogens is 6. The summed E-state index contributed by atoms with van der Waals surface area (Å²) in [5.74, 6) is 1.000. The molecule has 19 nitrogen and oxygen atoms in total. The Hall–Kier alpha value is -6.97. The summed E-state index contributed by atoms with van der Waals surface area (Å²) < 4.78 is 55.3. The Bertz CT molecular complexity index is 2630. The molecule has 0 spiro atoms. The van der Waals surface area contributed by atoms with Crippen LogP contribution in [-0.2, 0) is 41.1 Å². The van der Waals surface area contributed by atoms with Crippen molar-refractivity contribution in [1.82, 2.24) is 40.8 Å². The molecule has 3 aromatic carbocycles. The lowest BCUT2D eigenvalue weighted by molar-refractivity contribution is -0.122. The van der Waals surface area contributed by atoms with Crippen molar-refractivity contribution in [3.8, 4) is 28.3 Å². The molecule has 6 rings (SSSR count). The third-order valence-corrected chi connectivity index (χ3v) is 11.6. The minimum atomic E-state index is -4.40. The zero-order chi connectivity index (χ0) is 49.4. The van der Waals surface area contributed by atoms with E-state index in [4.69, 9.17) is 23.9 Å². The summed E-state index contributed by atoms with van der Waals surface area (Å²) >= 11 is 0. The van der Waals surface area contributed by atoms with Crippen molar-refractivity contribution >= 4 is 34.0 Å². The molecule has 0 aliphatic heterocycles. The smallest absolute Gasteiger partial charge is 0.295 e. The standard InChI is InChI=1S/C50H60N10O9S/c1-50(2,23-11-12-28-69-47-34-42(38-15-5-3-6-16-38)33-43(55-47)39-17-7-4-8-18-39)49-57-59-60(58-49)37-46(61)51-24-13-26-66-29-31-68-32-30-67-27-14-25-52-48(62)41-21-22-45(53-35-41)56-54-36-40-19-9-10-20-44(40)70(63,64)65/h3-10,15-22,33-36H,11-14,23-32,37H2,1-2H3,(H,51,61)(H,52,62)(H,53,56)(H,63,64,65)/b54-36+. The minimum Gasteiger partial charge on any atom is -0.478 e. The van der Waals surface area contributed by atoms with Crippen molar-refractivity contribution in [3.63, 3.8) is 0 Å². The van der Waals surface area contributed by atoms with Gasteiger partial charge in [0.25, 0.3) is 16.0 Å². The van der Waals surface area contributed by atoms with Crippen LogP contribution >= 0.6 is 0 Å². The second-order valence-electron chi connectivity index (χ2n) is 16.6. The first-order valence-electron chi connectivity index (χ1n) is 23.1. The number of pyridine rings is 2. The third-order valence-electron chi connectivity index (χ3n) is 10.7. The molecule has 370 valence electrons. The number of nitrogens with one attached hydrogen (secondary N) is 3. The van der Waals surface area contributed by atoms with Crippen molar-refractivity contribution in [1.29, 1.82) is 0 Å². The monoisotopic (exact) mass is 976 g/mol. The van der Waals surface area contributed by atoms with Crippen molar-refractivity contribution in [3.05, 3.63) is 132 Å². The fraction of sp³-hybridized carbons (Fsp3) is 0.360. The molecule has 0 saturated heterocycles. The topological polar surface area (TPSA) is 243 Å². The first kappa shape index (κ1) is 52.4. The van der Waals surface area contributed by atoms with Gasteiger partial charge in [-0.15, -0.1) is 10.2 Å². The molecule has 70 heavy (non-hydrogen) atoms. The molecule has 0 radical (unpaired) electrons. The number of hydrogen-bond acceptors (Lipinski definition) is 15. The largest absolute Gasteiger partial charge is 0.478 e. The number of hydrogen-bond donors (Lipinski definition) is 4. The molecule has 2 amide bonds. The van der Waals surface area contributed by atoms with Crippen molar-refractivity contribution in [2.75, 3.05) is 64.8 Å². The van der Waals surface area contributed by atoms with Crippen LogP contribution in [0.15, 0.2) is 125 Å². The van der Waals surface area contributed by atoms with Crippen LogP contribution in [0.2, 0.25) is 0 Å². The van der Waals surface area contributed by atoms with E-state index in [1.54, 1.807) is 18.2 Å². The van der Waals surface area contributed by atoms with Gasteiger partial charge in [0.2, 0.25) is 11.8 Å². The van der Waals surface area contributed by atoms with E-state index in [-0.39, 0.29) is 34.2 Å². The third kappa shape index (κ3) is 17.5. The van der Waals surface area contributed by atoms with E-state index in [1.165, 1.54) is 35.4 Å². The van der Waals surface area contributed by atoms with E-state index in [0.29, 0.717) is 95.3 Å². The highest BCUT2D eigenvalue weighted by Gasteiger charge is 2.26. The van der Waals surface area contributed by atoms with Gasteiger partial charge in [-0.25, -0.2) is 9.97 Å². The summed E-state index contributed by atoms with van der Waals surface area (Å²) in [7, 11) is -4.40. The number of unbranched alkanes of at least 4 members (excludes halogenated alkanes) is 1. The summed E-state index contributed by atoms with van der Waals surface area (Å²) in [5.41, 5.74) is 6.90. The second-order valence-corrected chi connectivity index (χ2v) is 18.0. The predicted octanol–water partition coefficient (Wildman–Crippen LogP) is 6.39. The van der Waals surface area contributed by atoms with Crippen molar-refractivity contribution in [2.45, 2.75) is 62.8 Å². The summed E-state index contributed by atoms with van der Waals surface area (Å²) in [5, 5.41) is 22.5. The van der Waals surface area contributed by atoms with Crippen LogP contribution < -0.4 is 20.8 Å². The zero-order valence-corrected chi connectivity index (χ0v) is 40.2. The van der Waals surface area contributed by atoms with E-state index < -0.39 is 10.1 Å². The number of ether oxygens (including phenoxy) is 4. The summed E-state index contributed by atoms with van der Waals surface area (Å²) in [6, 6.07) is 33.4. The average molecular weight is 977 g/mol. The van der Waals surface area contributed by atoms with E-state index in [0.717, 1.165) is 41.6 Å². The number of rotatable bonds is 30. The van der Waals surface area contributed by atoms with Crippen LogP contribution in [0.5, 0.6) is 5.88 Å². The molecule has 4 N–H and O–H groups in total. The van der Waals surface area contributed by atoms with Crippen LogP contribution in [0, 0.1) is 0 Å². The summed E-state index contributed by atoms with van der Waals surface area (Å²) in [4.78, 5) is 35.0. The number of anilines is 1. The number of carbonyl (C=O) groups excluding carboxylic acids is 2.